The quantitative estimate of drug-likeness (QED) is 0.785. The summed E-state index contributed by atoms with van der Waals surface area (Å²) < 4.78 is 24.7. The Hall–Kier alpha value is -0.100. The first kappa shape index (κ1) is 15.3. The molecule has 0 aliphatic heterocycles. The molecular formula is C13H20ClNO2S2. The second kappa shape index (κ2) is 7.07. The van der Waals surface area contributed by atoms with Crippen LogP contribution in [-0.4, -0.2) is 26.5 Å². The van der Waals surface area contributed by atoms with Gasteiger partial charge in [-0.3, -0.25) is 0 Å². The Bertz CT molecular complexity index is 492. The van der Waals surface area contributed by atoms with E-state index in [0.29, 0.717) is 24.8 Å². The maximum Gasteiger partial charge on any atom is 0.151 e. The standard InChI is InChI=1S/C13H20ClNO2S2/c14-13-6-5-12(18-13)9-15-7-8-19(16,17)10-11-3-1-2-4-11/h5-6,11,15H,1-4,7-10H2. The van der Waals surface area contributed by atoms with Crippen LogP contribution in [0.15, 0.2) is 12.1 Å². The lowest BCUT2D eigenvalue weighted by atomic mass is 10.1. The molecular weight excluding hydrogens is 302 g/mol. The van der Waals surface area contributed by atoms with E-state index in [9.17, 15) is 8.42 Å². The van der Waals surface area contributed by atoms with Crippen LogP contribution in [0.2, 0.25) is 4.34 Å². The van der Waals surface area contributed by atoms with Crippen LogP contribution in [0.4, 0.5) is 0 Å². The van der Waals surface area contributed by atoms with E-state index < -0.39 is 9.84 Å². The van der Waals surface area contributed by atoms with E-state index in [0.717, 1.165) is 22.1 Å². The van der Waals surface area contributed by atoms with Crippen molar-refractivity contribution in [3.05, 3.63) is 21.3 Å². The molecule has 0 bridgehead atoms. The van der Waals surface area contributed by atoms with E-state index in [1.165, 1.54) is 24.2 Å². The van der Waals surface area contributed by atoms with Gasteiger partial charge in [-0.1, -0.05) is 24.4 Å². The van der Waals surface area contributed by atoms with E-state index >= 15 is 0 Å². The molecule has 6 heteroatoms. The molecule has 1 aromatic rings. The topological polar surface area (TPSA) is 46.2 Å². The van der Waals surface area contributed by atoms with Gasteiger partial charge in [0.05, 0.1) is 15.8 Å². The van der Waals surface area contributed by atoms with Crippen molar-refractivity contribution in [2.24, 2.45) is 5.92 Å². The normalized spacial score (nSPS) is 17.1. The molecule has 3 nitrogen and oxygen atoms in total. The van der Waals surface area contributed by atoms with E-state index in [2.05, 4.69) is 5.32 Å². The Kier molecular flexibility index (Phi) is 5.69. The predicted molar refractivity (Wildman–Crippen MR) is 81.6 cm³/mol. The summed E-state index contributed by atoms with van der Waals surface area (Å²) in [5.41, 5.74) is 0. The fourth-order valence-electron chi connectivity index (χ4n) is 2.51. The first-order valence-electron chi connectivity index (χ1n) is 6.70. The lowest BCUT2D eigenvalue weighted by Crippen LogP contribution is -2.25. The number of sulfone groups is 1. The van der Waals surface area contributed by atoms with E-state index in [4.69, 9.17) is 11.6 Å². The van der Waals surface area contributed by atoms with Crippen LogP contribution < -0.4 is 5.32 Å². The van der Waals surface area contributed by atoms with Gasteiger partial charge < -0.3 is 5.32 Å². The number of hydrogen-bond donors (Lipinski definition) is 1. The summed E-state index contributed by atoms with van der Waals surface area (Å²) in [6, 6.07) is 3.83. The summed E-state index contributed by atoms with van der Waals surface area (Å²) in [4.78, 5) is 1.14. The Labute approximate surface area is 124 Å². The maximum atomic E-state index is 11.9. The first-order chi connectivity index (χ1) is 9.05. The number of nitrogens with one attached hydrogen (secondary N) is 1. The van der Waals surface area contributed by atoms with E-state index in [1.54, 1.807) is 0 Å². The fraction of sp³-hybridized carbons (Fsp3) is 0.692. The molecule has 1 heterocycles. The second-order valence-corrected chi connectivity index (χ2v) is 9.18. The molecule has 0 aromatic carbocycles. The van der Waals surface area contributed by atoms with Crippen LogP contribution in [0.3, 0.4) is 0 Å². The first-order valence-corrected chi connectivity index (χ1v) is 9.72. The third-order valence-corrected chi connectivity index (χ3v) is 6.52. The minimum atomic E-state index is -2.90. The molecule has 1 aliphatic carbocycles. The predicted octanol–water partition coefficient (Wildman–Crippen LogP) is 3.10. The summed E-state index contributed by atoms with van der Waals surface area (Å²) in [5.74, 6) is 1.02. The second-order valence-electron chi connectivity index (χ2n) is 5.15. The SMILES string of the molecule is O=S(=O)(CCNCc1ccc(Cl)s1)CC1CCCC1. The molecule has 0 saturated heterocycles. The van der Waals surface area contributed by atoms with Crippen LogP contribution in [0.5, 0.6) is 0 Å². The lowest BCUT2D eigenvalue weighted by Gasteiger charge is -2.10. The van der Waals surface area contributed by atoms with Crippen molar-refractivity contribution in [1.82, 2.24) is 5.32 Å². The molecule has 0 unspecified atom stereocenters. The maximum absolute atomic E-state index is 11.9. The highest BCUT2D eigenvalue weighted by molar-refractivity contribution is 7.91. The molecule has 1 fully saturated rings. The molecule has 1 aromatic heterocycles. The average molecular weight is 322 g/mol. The van der Waals surface area contributed by atoms with Gasteiger partial charge >= 0.3 is 0 Å². The molecule has 2 rings (SSSR count). The summed E-state index contributed by atoms with van der Waals surface area (Å²) in [5, 5.41) is 3.17. The zero-order valence-electron chi connectivity index (χ0n) is 10.9. The Morgan fingerprint density at radius 1 is 1.32 bits per heavy atom. The minimum absolute atomic E-state index is 0.239. The zero-order valence-corrected chi connectivity index (χ0v) is 13.3. The highest BCUT2D eigenvalue weighted by Crippen LogP contribution is 2.26. The van der Waals surface area contributed by atoms with E-state index in [-0.39, 0.29) is 5.75 Å². The molecule has 0 atom stereocenters. The van der Waals surface area contributed by atoms with Crippen LogP contribution in [0, 0.1) is 5.92 Å². The third kappa shape index (κ3) is 5.42. The number of halogens is 1. The van der Waals surface area contributed by atoms with Crippen molar-refractivity contribution in [1.29, 1.82) is 0 Å². The van der Waals surface area contributed by atoms with E-state index in [1.807, 2.05) is 12.1 Å². The molecule has 19 heavy (non-hydrogen) atoms. The summed E-state index contributed by atoms with van der Waals surface area (Å²) >= 11 is 7.36. The van der Waals surface area contributed by atoms with Gasteiger partial charge in [0.2, 0.25) is 0 Å². The highest BCUT2D eigenvalue weighted by Gasteiger charge is 2.22. The number of hydrogen-bond acceptors (Lipinski definition) is 4. The Balaban J connectivity index is 1.66. The Morgan fingerprint density at radius 2 is 2.05 bits per heavy atom. The van der Waals surface area contributed by atoms with Crippen molar-refractivity contribution in [3.63, 3.8) is 0 Å². The van der Waals surface area contributed by atoms with Gasteiger partial charge in [0.1, 0.15) is 0 Å². The van der Waals surface area contributed by atoms with Crippen molar-refractivity contribution < 1.29 is 8.42 Å². The highest BCUT2D eigenvalue weighted by atomic mass is 35.5. The average Bonchev–Trinajstić information content (AvgIpc) is 2.96. The lowest BCUT2D eigenvalue weighted by molar-refractivity contribution is 0.556. The monoisotopic (exact) mass is 321 g/mol. The van der Waals surface area contributed by atoms with Crippen molar-refractivity contribution in [2.45, 2.75) is 32.2 Å². The zero-order chi connectivity index (χ0) is 13.7. The molecule has 108 valence electrons. The number of thiophene rings is 1. The van der Waals surface area contributed by atoms with Crippen LogP contribution in [0.25, 0.3) is 0 Å². The molecule has 0 amide bonds. The molecule has 0 spiro atoms. The number of rotatable bonds is 7. The molecule has 1 N–H and O–H groups in total. The van der Waals surface area contributed by atoms with Crippen molar-refractivity contribution in [2.75, 3.05) is 18.1 Å². The summed E-state index contributed by atoms with van der Waals surface area (Å²) in [6.45, 7) is 1.21. The summed E-state index contributed by atoms with van der Waals surface area (Å²) in [6.07, 6.45) is 4.55. The van der Waals surface area contributed by atoms with Gasteiger partial charge in [0.25, 0.3) is 0 Å². The van der Waals surface area contributed by atoms with Gasteiger partial charge in [-0.15, -0.1) is 11.3 Å². The largest absolute Gasteiger partial charge is 0.311 e. The van der Waals surface area contributed by atoms with Crippen molar-refractivity contribution >= 4 is 32.8 Å². The van der Waals surface area contributed by atoms with Gasteiger partial charge in [-0.2, -0.15) is 0 Å². The van der Waals surface area contributed by atoms with Crippen molar-refractivity contribution in [3.8, 4) is 0 Å². The van der Waals surface area contributed by atoms with Gasteiger partial charge in [0, 0.05) is 18.0 Å². The fourth-order valence-corrected chi connectivity index (χ4v) is 5.24. The molecule has 0 radical (unpaired) electrons. The third-order valence-electron chi connectivity index (χ3n) is 3.48. The van der Waals surface area contributed by atoms with Gasteiger partial charge in [-0.25, -0.2) is 8.42 Å². The van der Waals surface area contributed by atoms with Crippen LogP contribution in [0.1, 0.15) is 30.6 Å². The minimum Gasteiger partial charge on any atom is -0.311 e. The van der Waals surface area contributed by atoms with Gasteiger partial charge in [-0.05, 0) is 30.9 Å². The Morgan fingerprint density at radius 3 is 2.68 bits per heavy atom. The molecule has 1 saturated carbocycles. The van der Waals surface area contributed by atoms with Crippen LogP contribution in [-0.2, 0) is 16.4 Å². The van der Waals surface area contributed by atoms with Gasteiger partial charge in [0.15, 0.2) is 9.84 Å². The summed E-state index contributed by atoms with van der Waals surface area (Å²) in [7, 11) is -2.90. The molecule has 1 aliphatic rings. The van der Waals surface area contributed by atoms with Crippen LogP contribution >= 0.6 is 22.9 Å². The smallest absolute Gasteiger partial charge is 0.151 e.